The summed E-state index contributed by atoms with van der Waals surface area (Å²) in [5, 5.41) is 22.9. The Morgan fingerprint density at radius 2 is 1.88 bits per heavy atom. The van der Waals surface area contributed by atoms with Crippen molar-refractivity contribution in [3.8, 4) is 17.0 Å². The second-order valence-electron chi connectivity index (χ2n) is 9.83. The Labute approximate surface area is 236 Å². The molecule has 0 bridgehead atoms. The van der Waals surface area contributed by atoms with Crippen LogP contribution in [0.5, 0.6) is 5.75 Å². The Hall–Kier alpha value is -5.00. The van der Waals surface area contributed by atoms with E-state index in [9.17, 15) is 23.9 Å². The first kappa shape index (κ1) is 30.5. The van der Waals surface area contributed by atoms with E-state index < -0.39 is 35.4 Å². The van der Waals surface area contributed by atoms with Gasteiger partial charge in [-0.25, -0.2) is 4.39 Å². The number of carbonyl (C=O) groups is 2. The normalized spacial score (nSPS) is 11.4. The van der Waals surface area contributed by atoms with Crippen molar-refractivity contribution in [3.05, 3.63) is 75.3 Å². The number of phenols is 1. The van der Waals surface area contributed by atoms with E-state index in [2.05, 4.69) is 15.6 Å². The largest absolute Gasteiger partial charge is 0.507 e. The van der Waals surface area contributed by atoms with Crippen LogP contribution in [0.1, 0.15) is 55.6 Å². The summed E-state index contributed by atoms with van der Waals surface area (Å²) in [5.74, 6) is -2.64. The number of hydrogen-bond donors (Lipinski definition) is 6. The second-order valence-corrected chi connectivity index (χ2v) is 9.83. The fraction of sp³-hybridized carbons (Fsp3) is 0.276. The number of nitrogens with zero attached hydrogens (tertiary/aromatic N) is 2. The molecule has 11 nitrogen and oxygen atoms in total. The van der Waals surface area contributed by atoms with Gasteiger partial charge in [-0.2, -0.15) is 0 Å². The number of anilines is 1. The predicted octanol–water partition coefficient (Wildman–Crippen LogP) is 3.18. The number of nitrogens with one attached hydrogen (secondary N) is 3. The van der Waals surface area contributed by atoms with Crippen LogP contribution in [0.4, 0.5) is 15.8 Å². The number of amidine groups is 1. The summed E-state index contributed by atoms with van der Waals surface area (Å²) in [6, 6.07) is 9.75. The molecular weight excluding hydrogens is 529 g/mol. The lowest BCUT2D eigenvalue weighted by Gasteiger charge is -2.17. The number of aliphatic imine (C=N–C) groups is 1. The van der Waals surface area contributed by atoms with Gasteiger partial charge in [-0.1, -0.05) is 6.92 Å². The summed E-state index contributed by atoms with van der Waals surface area (Å²) in [5.41, 5.74) is 12.7. The number of aromatic nitrogens is 1. The lowest BCUT2D eigenvalue weighted by Crippen LogP contribution is -2.33. The lowest BCUT2D eigenvalue weighted by molar-refractivity contribution is -0.121. The maximum absolute atomic E-state index is 14.5. The number of benzene rings is 2. The topological polar surface area (TPSA) is 189 Å². The molecule has 0 fully saturated rings. The van der Waals surface area contributed by atoms with Crippen LogP contribution < -0.4 is 27.7 Å². The number of aromatic hydroxyl groups is 1. The molecule has 0 unspecified atom stereocenters. The first-order chi connectivity index (χ1) is 19.3. The lowest BCUT2D eigenvalue weighted by atomic mass is 10.0. The summed E-state index contributed by atoms with van der Waals surface area (Å²) in [6.07, 6.45) is 0.735. The van der Waals surface area contributed by atoms with Crippen LogP contribution in [-0.2, 0) is 17.9 Å². The third-order valence-electron chi connectivity index (χ3n) is 6.23. The minimum atomic E-state index is -0.774. The summed E-state index contributed by atoms with van der Waals surface area (Å²) >= 11 is 0. The second kappa shape index (κ2) is 12.9. The fourth-order valence-electron chi connectivity index (χ4n) is 3.99. The van der Waals surface area contributed by atoms with Crippen LogP contribution in [0, 0.1) is 11.2 Å². The smallest absolute Gasteiger partial charge is 0.277 e. The van der Waals surface area contributed by atoms with Crippen LogP contribution in [-0.4, -0.2) is 39.1 Å². The maximum atomic E-state index is 14.5. The third kappa shape index (κ3) is 7.56. The highest BCUT2D eigenvalue weighted by atomic mass is 19.1. The highest BCUT2D eigenvalue weighted by Gasteiger charge is 2.18. The summed E-state index contributed by atoms with van der Waals surface area (Å²) in [7, 11) is 0. The highest BCUT2D eigenvalue weighted by Crippen LogP contribution is 2.25. The van der Waals surface area contributed by atoms with E-state index in [1.807, 2.05) is 13.8 Å². The zero-order valence-electron chi connectivity index (χ0n) is 23.3. The first-order valence-electron chi connectivity index (χ1n) is 12.9. The van der Waals surface area contributed by atoms with Crippen molar-refractivity contribution < 1.29 is 19.1 Å². The zero-order valence-corrected chi connectivity index (χ0v) is 23.3. The van der Waals surface area contributed by atoms with Crippen LogP contribution in [0.3, 0.4) is 0 Å². The van der Waals surface area contributed by atoms with E-state index in [1.54, 1.807) is 32.0 Å². The Balaban J connectivity index is 1.99. The number of nitrogen functional groups attached to an aromatic ring is 2. The van der Waals surface area contributed by atoms with E-state index in [-0.39, 0.29) is 41.0 Å². The minimum absolute atomic E-state index is 0.0406. The summed E-state index contributed by atoms with van der Waals surface area (Å²) < 4.78 is 15.7. The molecule has 1 atom stereocenters. The molecule has 8 N–H and O–H groups in total. The molecule has 1 heterocycles. The van der Waals surface area contributed by atoms with Gasteiger partial charge < -0.3 is 27.2 Å². The number of nitrogens with two attached hydrogens (primary N) is 2. The van der Waals surface area contributed by atoms with Crippen molar-refractivity contribution in [2.75, 3.05) is 5.73 Å². The van der Waals surface area contributed by atoms with Crippen molar-refractivity contribution >= 4 is 34.7 Å². The number of rotatable bonds is 10. The number of amides is 2. The molecule has 0 spiro atoms. The molecule has 0 saturated carbocycles. The van der Waals surface area contributed by atoms with Gasteiger partial charge in [0, 0.05) is 40.7 Å². The van der Waals surface area contributed by atoms with Gasteiger partial charge in [0.2, 0.25) is 5.91 Å². The molecule has 0 radical (unpaired) electrons. The van der Waals surface area contributed by atoms with Gasteiger partial charge in [-0.15, -0.1) is 0 Å². The summed E-state index contributed by atoms with van der Waals surface area (Å²) in [4.78, 5) is 43.5. The SMILES string of the molecule is CC[C@H](C)NC(=O)c1cc(N)cc(-c2ccc(N=C(C)C)c(=O)n2CC(=O)NCc2cc(O)c(C(=N)N)cc2F)c1. The van der Waals surface area contributed by atoms with E-state index >= 15 is 0 Å². The number of carbonyl (C=O) groups excluding carboxylic acids is 2. The van der Waals surface area contributed by atoms with Gasteiger partial charge in [0.1, 0.15) is 29.6 Å². The average Bonchev–Trinajstić information content (AvgIpc) is 2.90. The van der Waals surface area contributed by atoms with Crippen molar-refractivity contribution in [1.29, 1.82) is 5.41 Å². The molecule has 3 rings (SSSR count). The first-order valence-corrected chi connectivity index (χ1v) is 12.9. The standard InChI is InChI=1S/C29H34FN7O4/c1-5-16(4)36-28(40)18-8-17(9-20(31)10-18)24-7-6-23(35-15(2)3)29(41)37(24)14-26(39)34-13-19-11-25(38)21(27(32)33)12-22(19)30/h6-12,16,38H,5,13-14,31H2,1-4H3,(H3,32,33)(H,34,39)(H,36,40)/t16-/m0/s1. The van der Waals surface area contributed by atoms with Gasteiger partial charge in [-0.3, -0.25) is 29.4 Å². The average molecular weight is 564 g/mol. The van der Waals surface area contributed by atoms with Crippen LogP contribution in [0.25, 0.3) is 11.3 Å². The number of halogens is 1. The molecule has 2 amide bonds. The van der Waals surface area contributed by atoms with Crippen molar-refractivity contribution in [1.82, 2.24) is 15.2 Å². The van der Waals surface area contributed by atoms with E-state index in [0.29, 0.717) is 22.5 Å². The van der Waals surface area contributed by atoms with Gasteiger partial charge in [0.05, 0.1) is 11.3 Å². The van der Waals surface area contributed by atoms with Crippen LogP contribution in [0.15, 0.2) is 52.3 Å². The van der Waals surface area contributed by atoms with Crippen LogP contribution in [0.2, 0.25) is 0 Å². The molecule has 216 valence electrons. The Morgan fingerprint density at radius 1 is 1.17 bits per heavy atom. The monoisotopic (exact) mass is 563 g/mol. The maximum Gasteiger partial charge on any atom is 0.277 e. The number of pyridine rings is 1. The fourth-order valence-corrected chi connectivity index (χ4v) is 3.99. The molecule has 0 aliphatic rings. The summed E-state index contributed by atoms with van der Waals surface area (Å²) in [6.45, 7) is 6.52. The molecule has 41 heavy (non-hydrogen) atoms. The third-order valence-corrected chi connectivity index (χ3v) is 6.23. The number of phenolic OH excluding ortho intramolecular Hbond substituents is 1. The molecule has 1 aromatic heterocycles. The van der Waals surface area contributed by atoms with Crippen molar-refractivity contribution in [3.63, 3.8) is 0 Å². The van der Waals surface area contributed by atoms with E-state index in [4.69, 9.17) is 16.9 Å². The van der Waals surface area contributed by atoms with E-state index in [1.165, 1.54) is 16.7 Å². The molecule has 0 saturated heterocycles. The van der Waals surface area contributed by atoms with Gasteiger partial charge in [0.25, 0.3) is 11.5 Å². The van der Waals surface area contributed by atoms with Crippen molar-refractivity contribution in [2.24, 2.45) is 10.7 Å². The molecule has 12 heteroatoms. The van der Waals surface area contributed by atoms with Gasteiger partial charge in [-0.05, 0) is 69.7 Å². The molecule has 3 aromatic rings. The highest BCUT2D eigenvalue weighted by molar-refractivity contribution is 5.98. The zero-order chi connectivity index (χ0) is 30.4. The molecule has 2 aromatic carbocycles. The van der Waals surface area contributed by atoms with Crippen molar-refractivity contribution in [2.45, 2.75) is 53.2 Å². The quantitative estimate of drug-likeness (QED) is 0.125. The van der Waals surface area contributed by atoms with E-state index in [0.717, 1.165) is 18.6 Å². The molecular formula is C29H34FN7O4. The minimum Gasteiger partial charge on any atom is -0.507 e. The molecule has 0 aliphatic carbocycles. The predicted molar refractivity (Wildman–Crippen MR) is 157 cm³/mol. The van der Waals surface area contributed by atoms with Gasteiger partial charge >= 0.3 is 0 Å². The number of hydrogen-bond acceptors (Lipinski definition) is 7. The Kier molecular flexibility index (Phi) is 9.61. The Morgan fingerprint density at radius 3 is 2.51 bits per heavy atom. The molecule has 0 aliphatic heterocycles. The van der Waals surface area contributed by atoms with Crippen LogP contribution >= 0.6 is 0 Å². The Bertz CT molecular complexity index is 1590. The van der Waals surface area contributed by atoms with Gasteiger partial charge in [0.15, 0.2) is 0 Å².